The van der Waals surface area contributed by atoms with Crippen molar-refractivity contribution in [2.45, 2.75) is 141 Å². The molecule has 2 aromatic carbocycles. The van der Waals surface area contributed by atoms with Crippen molar-refractivity contribution in [1.29, 1.82) is 0 Å². The fourth-order valence-electron chi connectivity index (χ4n) is 6.63. The normalized spacial score (nSPS) is 14.8. The number of rotatable bonds is 30. The zero-order valence-corrected chi connectivity index (χ0v) is 35.4. The highest BCUT2D eigenvalue weighted by Gasteiger charge is 2.41. The molecule has 2 heterocycles. The van der Waals surface area contributed by atoms with Gasteiger partial charge >= 0.3 is 19.8 Å². The molecule has 0 aliphatic heterocycles. The number of unbranched alkanes of at least 4 members (excludes halogenated alkanes) is 14. The number of imidazole rings is 1. The molecule has 0 spiro atoms. The highest BCUT2D eigenvalue weighted by Crippen LogP contribution is 2.46. The van der Waals surface area contributed by atoms with Crippen molar-refractivity contribution in [2.75, 3.05) is 26.1 Å². The Morgan fingerprint density at radius 1 is 0.897 bits per heavy atom. The molecule has 58 heavy (non-hydrogen) atoms. The second kappa shape index (κ2) is 24.9. The second-order valence-electron chi connectivity index (χ2n) is 15.1. The molecule has 4 rings (SSSR count). The first-order chi connectivity index (χ1) is 28.1. The van der Waals surface area contributed by atoms with Gasteiger partial charge in [0.05, 0.1) is 26.1 Å². The van der Waals surface area contributed by atoms with Crippen LogP contribution in [0.4, 0.5) is 10.2 Å². The number of ether oxygens (including phenoxy) is 2. The first-order valence-electron chi connectivity index (χ1n) is 20.9. The van der Waals surface area contributed by atoms with E-state index in [1.165, 1.54) is 88.6 Å². The van der Waals surface area contributed by atoms with Crippen LogP contribution in [0.3, 0.4) is 0 Å². The molecule has 320 valence electrons. The Kier molecular flexibility index (Phi) is 20.0. The van der Waals surface area contributed by atoms with Crippen LogP contribution in [0.25, 0.3) is 11.2 Å². The number of aliphatic hydroxyl groups excluding tert-OH is 1. The van der Waals surface area contributed by atoms with Crippen LogP contribution in [0.15, 0.2) is 67.0 Å². The average Bonchev–Trinajstić information content (AvgIpc) is 3.62. The number of carbonyl (C=O) groups excluding carboxylic acids is 1. The number of esters is 1. The third kappa shape index (κ3) is 15.7. The van der Waals surface area contributed by atoms with Crippen molar-refractivity contribution in [2.24, 2.45) is 0 Å². The summed E-state index contributed by atoms with van der Waals surface area (Å²) in [6, 6.07) is 16.6. The van der Waals surface area contributed by atoms with Gasteiger partial charge in [-0.1, -0.05) is 145 Å². The van der Waals surface area contributed by atoms with E-state index in [4.69, 9.17) is 24.3 Å². The maximum Gasteiger partial charge on any atom is 0.459 e. The summed E-state index contributed by atoms with van der Waals surface area (Å²) in [6.45, 7) is 3.42. The molecule has 4 N–H and O–H groups in total. The third-order valence-corrected chi connectivity index (χ3v) is 11.9. The number of para-hydroxylation sites is 1. The van der Waals surface area contributed by atoms with Crippen LogP contribution >= 0.6 is 7.75 Å². The van der Waals surface area contributed by atoms with Crippen molar-refractivity contribution < 1.29 is 37.4 Å². The monoisotopic (exact) mass is 826 g/mol. The van der Waals surface area contributed by atoms with E-state index in [1.54, 1.807) is 37.3 Å². The Hall–Kier alpha value is -3.94. The van der Waals surface area contributed by atoms with Gasteiger partial charge in [0.25, 0.3) is 0 Å². The number of aromatic nitrogens is 4. The summed E-state index contributed by atoms with van der Waals surface area (Å²) >= 11 is 0. The molecule has 2 aromatic heterocycles. The fraction of sp³-hybridized carbons (Fsp3) is 0.581. The van der Waals surface area contributed by atoms with Crippen molar-refractivity contribution in [1.82, 2.24) is 24.6 Å². The highest BCUT2D eigenvalue weighted by molar-refractivity contribution is 7.52. The van der Waals surface area contributed by atoms with Gasteiger partial charge in [-0.25, -0.2) is 9.55 Å². The lowest BCUT2D eigenvalue weighted by molar-refractivity contribution is -0.146. The number of nitrogens with zero attached hydrogens (tertiary/aromatic N) is 4. The van der Waals surface area contributed by atoms with Gasteiger partial charge in [-0.05, 0) is 37.5 Å². The third-order valence-electron chi connectivity index (χ3n) is 10.4. The number of fused-ring (bicyclic) bond motifs is 1. The molecule has 13 nitrogen and oxygen atoms in total. The molecule has 0 aliphatic carbocycles. The maximum atomic E-state index is 14.7. The lowest BCUT2D eigenvalue weighted by atomic mass is 10.00. The predicted octanol–water partition coefficient (Wildman–Crippen LogP) is 9.13. The number of aliphatic hydroxyl groups is 1. The van der Waals surface area contributed by atoms with Crippen LogP contribution in [0.1, 0.15) is 116 Å². The Morgan fingerprint density at radius 2 is 1.47 bits per heavy atom. The summed E-state index contributed by atoms with van der Waals surface area (Å²) in [5.41, 5.74) is 5.37. The van der Waals surface area contributed by atoms with Crippen LogP contribution in [-0.4, -0.2) is 68.7 Å². The zero-order valence-electron chi connectivity index (χ0n) is 34.5. The summed E-state index contributed by atoms with van der Waals surface area (Å²) in [4.78, 5) is 25.1. The van der Waals surface area contributed by atoms with Crippen molar-refractivity contribution in [3.8, 4) is 5.75 Å². The standard InChI is InChI=1S/C43H64FN6O7P/c1-4-5-6-7-8-9-10-11-12-13-14-15-16-17-24-29-55-41(52)36(30-34-25-20-18-21-26-34)49-58(53,57-35-27-22-19-23-28-35)56-32-43(2,54-3)37(51)31-50-33-46-38-39(45)47-42(44)48-40(38)50/h18-23,25-28,33,36-37,51H,4-17,24,29-32H2,1-3H3,(H,49,53)(H2,45,47,48)/t36-,37-,43+,58?/m0/s1. The first-order valence-corrected chi connectivity index (χ1v) is 22.4. The molecule has 4 aromatic rings. The van der Waals surface area contributed by atoms with Crippen molar-refractivity contribution >= 4 is 30.7 Å². The number of methoxy groups -OCH3 is 1. The SMILES string of the molecule is CCCCCCCCCCCCCCCCCOC(=O)[C@H](Cc1ccccc1)NP(=O)(OC[C@@](C)(OC)[C@@H](O)Cn1cnc2c(N)nc(F)nc21)Oc1ccccc1. The zero-order chi connectivity index (χ0) is 41.6. The van der Waals surface area contributed by atoms with Crippen molar-refractivity contribution in [3.05, 3.63) is 78.6 Å². The molecule has 4 atom stereocenters. The number of nitrogens with one attached hydrogen (secondary N) is 1. The van der Waals surface area contributed by atoms with E-state index in [-0.39, 0.29) is 42.3 Å². The van der Waals surface area contributed by atoms with Gasteiger partial charge < -0.3 is 29.4 Å². The quantitative estimate of drug-likeness (QED) is 0.0197. The molecule has 0 bridgehead atoms. The number of anilines is 1. The molecule has 0 fully saturated rings. The molecular formula is C43H64FN6O7P. The largest absolute Gasteiger partial charge is 0.465 e. The molecular weight excluding hydrogens is 762 g/mol. The van der Waals surface area contributed by atoms with Crippen molar-refractivity contribution in [3.63, 3.8) is 0 Å². The maximum absolute atomic E-state index is 14.7. The number of carbonyl (C=O) groups is 1. The molecule has 1 unspecified atom stereocenters. The summed E-state index contributed by atoms with van der Waals surface area (Å²) in [6.07, 6.45) is 17.6. The average molecular weight is 827 g/mol. The van der Waals surface area contributed by atoms with Gasteiger partial charge in [0, 0.05) is 7.11 Å². The Bertz CT molecular complexity index is 1820. The molecule has 0 aliphatic rings. The number of halogens is 1. The number of hydrogen-bond acceptors (Lipinski definition) is 11. The summed E-state index contributed by atoms with van der Waals surface area (Å²) in [5, 5.41) is 14.3. The minimum absolute atomic E-state index is 0.0785. The Morgan fingerprint density at radius 3 is 2.05 bits per heavy atom. The topological polar surface area (TPSA) is 173 Å². The van der Waals surface area contributed by atoms with Gasteiger partial charge in [0.2, 0.25) is 0 Å². The number of hydrogen-bond donors (Lipinski definition) is 3. The van der Waals surface area contributed by atoms with Crippen LogP contribution in [-0.2, 0) is 36.3 Å². The number of benzene rings is 2. The molecule has 0 saturated carbocycles. The van der Waals surface area contributed by atoms with Gasteiger partial charge in [0.1, 0.15) is 29.0 Å². The minimum Gasteiger partial charge on any atom is -0.465 e. The van der Waals surface area contributed by atoms with E-state index in [0.29, 0.717) is 0 Å². The lowest BCUT2D eigenvalue weighted by Gasteiger charge is -2.34. The van der Waals surface area contributed by atoms with E-state index >= 15 is 0 Å². The van der Waals surface area contributed by atoms with Crippen LogP contribution in [0.2, 0.25) is 0 Å². The lowest BCUT2D eigenvalue weighted by Crippen LogP contribution is -2.48. The Labute approximate surface area is 343 Å². The van der Waals surface area contributed by atoms with Crippen LogP contribution in [0.5, 0.6) is 5.75 Å². The fourth-order valence-corrected chi connectivity index (χ4v) is 8.22. The van der Waals surface area contributed by atoms with E-state index in [2.05, 4.69) is 27.0 Å². The van der Waals surface area contributed by atoms with Gasteiger partial charge in [-0.3, -0.25) is 9.32 Å². The minimum atomic E-state index is -4.38. The predicted molar refractivity (Wildman–Crippen MR) is 225 cm³/mol. The van der Waals surface area contributed by atoms with Gasteiger partial charge in [-0.15, -0.1) is 0 Å². The van der Waals surface area contributed by atoms with Crippen LogP contribution in [0, 0.1) is 6.08 Å². The molecule has 0 radical (unpaired) electrons. The number of nitrogens with two attached hydrogens (primary N) is 1. The van der Waals surface area contributed by atoms with E-state index in [1.807, 2.05) is 30.3 Å². The molecule has 0 saturated heterocycles. The summed E-state index contributed by atoms with van der Waals surface area (Å²) in [5.74, 6) is -0.506. The van der Waals surface area contributed by atoms with E-state index < -0.39 is 44.1 Å². The summed E-state index contributed by atoms with van der Waals surface area (Å²) in [7, 11) is -3.02. The second-order valence-corrected chi connectivity index (χ2v) is 16.8. The van der Waals surface area contributed by atoms with E-state index in [0.717, 1.165) is 31.2 Å². The smallest absolute Gasteiger partial charge is 0.459 e. The molecule has 15 heteroatoms. The first kappa shape index (κ1) is 46.7. The number of nitrogen functional groups attached to an aromatic ring is 1. The van der Waals surface area contributed by atoms with E-state index in [9.17, 15) is 18.9 Å². The van der Waals surface area contributed by atoms with Gasteiger partial charge in [-0.2, -0.15) is 19.4 Å². The van der Waals surface area contributed by atoms with Gasteiger partial charge in [0.15, 0.2) is 11.5 Å². The highest BCUT2D eigenvalue weighted by atomic mass is 31.2. The Balaban J connectivity index is 1.34. The van der Waals surface area contributed by atoms with Crippen LogP contribution < -0.4 is 15.3 Å². The summed E-state index contributed by atoms with van der Waals surface area (Å²) < 4.78 is 53.5. The molecule has 0 amide bonds.